The van der Waals surface area contributed by atoms with Crippen LogP contribution >= 0.6 is 0 Å². The van der Waals surface area contributed by atoms with Gasteiger partial charge in [-0.2, -0.15) is 9.29 Å². The van der Waals surface area contributed by atoms with Gasteiger partial charge in [0.1, 0.15) is 11.6 Å². The summed E-state index contributed by atoms with van der Waals surface area (Å²) in [5.41, 5.74) is 1.85. The van der Waals surface area contributed by atoms with Gasteiger partial charge in [0.25, 0.3) is 0 Å². The van der Waals surface area contributed by atoms with Gasteiger partial charge in [0, 0.05) is 58.5 Å². The third kappa shape index (κ3) is 3.51. The number of benzene rings is 1. The molecule has 4 rings (SSSR count). The van der Waals surface area contributed by atoms with Crippen LogP contribution in [0.15, 0.2) is 29.2 Å². The zero-order valence-electron chi connectivity index (χ0n) is 16.4. The Labute approximate surface area is 165 Å². The Morgan fingerprint density at radius 1 is 1.07 bits per heavy atom. The van der Waals surface area contributed by atoms with Crippen LogP contribution in [-0.2, 0) is 16.4 Å². The van der Waals surface area contributed by atoms with E-state index in [2.05, 4.69) is 9.97 Å². The third-order valence-electron chi connectivity index (χ3n) is 5.11. The van der Waals surface area contributed by atoms with Crippen molar-refractivity contribution in [2.24, 2.45) is 0 Å². The molecular weight excluding hydrogens is 378 g/mol. The van der Waals surface area contributed by atoms with Crippen molar-refractivity contribution in [2.45, 2.75) is 18.2 Å². The summed E-state index contributed by atoms with van der Waals surface area (Å²) in [5, 5.41) is 0. The van der Waals surface area contributed by atoms with E-state index in [4.69, 9.17) is 4.74 Å². The number of ether oxygens (including phenoxy) is 1. The molecule has 2 aromatic rings. The fourth-order valence-corrected chi connectivity index (χ4v) is 4.98. The van der Waals surface area contributed by atoms with E-state index in [-0.39, 0.29) is 0 Å². The lowest BCUT2D eigenvalue weighted by atomic mass is 10.2. The summed E-state index contributed by atoms with van der Waals surface area (Å²) in [6.07, 6.45) is 0.755. The summed E-state index contributed by atoms with van der Waals surface area (Å²) < 4.78 is 33.1. The smallest absolute Gasteiger partial charge is 0.243 e. The van der Waals surface area contributed by atoms with Crippen LogP contribution in [0.2, 0.25) is 0 Å². The molecule has 0 radical (unpaired) electrons. The first-order chi connectivity index (χ1) is 13.3. The third-order valence-corrected chi connectivity index (χ3v) is 7.00. The number of aryl methyl sites for hydroxylation is 1. The molecule has 1 aromatic heterocycles. The van der Waals surface area contributed by atoms with Gasteiger partial charge >= 0.3 is 0 Å². The monoisotopic (exact) mass is 403 g/mol. The molecule has 1 saturated heterocycles. The SMILES string of the molecule is Cc1cc(N(C)C)nc(N2CCN(S(=O)(=O)c3ccc4c(c3)CCO4)CC2)n1. The average molecular weight is 404 g/mol. The maximum atomic E-state index is 13.1. The molecule has 3 heterocycles. The zero-order valence-corrected chi connectivity index (χ0v) is 17.2. The summed E-state index contributed by atoms with van der Waals surface area (Å²) in [4.78, 5) is 13.5. The van der Waals surface area contributed by atoms with E-state index in [0.717, 1.165) is 29.2 Å². The molecule has 150 valence electrons. The number of piperazine rings is 1. The van der Waals surface area contributed by atoms with Crippen molar-refractivity contribution in [1.82, 2.24) is 14.3 Å². The minimum atomic E-state index is -3.52. The second-order valence-electron chi connectivity index (χ2n) is 7.32. The highest BCUT2D eigenvalue weighted by Crippen LogP contribution is 2.29. The van der Waals surface area contributed by atoms with Crippen LogP contribution in [0, 0.1) is 6.92 Å². The van der Waals surface area contributed by atoms with Gasteiger partial charge in [0.15, 0.2) is 0 Å². The molecule has 0 bridgehead atoms. The Morgan fingerprint density at radius 3 is 2.54 bits per heavy atom. The molecule has 9 heteroatoms. The number of nitrogens with zero attached hydrogens (tertiary/aromatic N) is 5. The predicted octanol–water partition coefficient (Wildman–Crippen LogP) is 1.30. The molecule has 8 nitrogen and oxygen atoms in total. The van der Waals surface area contributed by atoms with Gasteiger partial charge in [-0.1, -0.05) is 0 Å². The lowest BCUT2D eigenvalue weighted by Gasteiger charge is -2.34. The Morgan fingerprint density at radius 2 is 1.82 bits per heavy atom. The van der Waals surface area contributed by atoms with E-state index in [0.29, 0.717) is 43.6 Å². The molecule has 0 amide bonds. The number of hydrogen-bond acceptors (Lipinski definition) is 7. The second kappa shape index (κ2) is 7.21. The summed E-state index contributed by atoms with van der Waals surface area (Å²) in [7, 11) is 0.367. The van der Waals surface area contributed by atoms with Gasteiger partial charge in [-0.15, -0.1) is 0 Å². The van der Waals surface area contributed by atoms with Crippen molar-refractivity contribution in [1.29, 1.82) is 0 Å². The molecule has 2 aliphatic heterocycles. The molecule has 1 fully saturated rings. The van der Waals surface area contributed by atoms with Gasteiger partial charge in [0.05, 0.1) is 11.5 Å². The highest BCUT2D eigenvalue weighted by atomic mass is 32.2. The van der Waals surface area contributed by atoms with E-state index < -0.39 is 10.0 Å². The van der Waals surface area contributed by atoms with Gasteiger partial charge in [0.2, 0.25) is 16.0 Å². The van der Waals surface area contributed by atoms with Crippen molar-refractivity contribution in [3.05, 3.63) is 35.5 Å². The standard InChI is InChI=1S/C19H25N5O3S/c1-14-12-18(22(2)3)21-19(20-14)23-7-9-24(10-8-23)28(25,26)16-4-5-17-15(13-16)6-11-27-17/h4-5,12-13H,6-11H2,1-3H3. The molecular formula is C19H25N5O3S. The maximum Gasteiger partial charge on any atom is 0.243 e. The first-order valence-corrected chi connectivity index (χ1v) is 10.8. The van der Waals surface area contributed by atoms with E-state index in [1.807, 2.05) is 36.9 Å². The lowest BCUT2D eigenvalue weighted by Crippen LogP contribution is -2.49. The minimum Gasteiger partial charge on any atom is -0.493 e. The average Bonchev–Trinajstić information content (AvgIpc) is 3.15. The normalized spacial score (nSPS) is 17.3. The Kier molecular flexibility index (Phi) is 4.88. The van der Waals surface area contributed by atoms with Crippen LogP contribution < -0.4 is 14.5 Å². The molecule has 2 aliphatic rings. The van der Waals surface area contributed by atoms with Crippen LogP contribution in [-0.4, -0.2) is 69.6 Å². The van der Waals surface area contributed by atoms with Crippen LogP contribution in [0.5, 0.6) is 5.75 Å². The molecule has 0 spiro atoms. The van der Waals surface area contributed by atoms with Crippen molar-refractivity contribution in [3.63, 3.8) is 0 Å². The van der Waals surface area contributed by atoms with Gasteiger partial charge in [-0.25, -0.2) is 13.4 Å². The highest BCUT2D eigenvalue weighted by molar-refractivity contribution is 7.89. The molecule has 0 atom stereocenters. The highest BCUT2D eigenvalue weighted by Gasteiger charge is 2.30. The van der Waals surface area contributed by atoms with Gasteiger partial charge < -0.3 is 14.5 Å². The van der Waals surface area contributed by atoms with E-state index >= 15 is 0 Å². The van der Waals surface area contributed by atoms with Gasteiger partial charge in [-0.3, -0.25) is 0 Å². The largest absolute Gasteiger partial charge is 0.493 e. The summed E-state index contributed by atoms with van der Waals surface area (Å²) in [6, 6.07) is 7.08. The van der Waals surface area contributed by atoms with Crippen molar-refractivity contribution < 1.29 is 13.2 Å². The van der Waals surface area contributed by atoms with Crippen LogP contribution in [0.3, 0.4) is 0 Å². The Bertz CT molecular complexity index is 985. The van der Waals surface area contributed by atoms with Crippen molar-refractivity contribution >= 4 is 21.8 Å². The fourth-order valence-electron chi connectivity index (χ4n) is 3.51. The Hall–Kier alpha value is -2.39. The van der Waals surface area contributed by atoms with E-state index in [1.54, 1.807) is 22.5 Å². The van der Waals surface area contributed by atoms with Crippen LogP contribution in [0.4, 0.5) is 11.8 Å². The van der Waals surface area contributed by atoms with E-state index in [9.17, 15) is 8.42 Å². The number of hydrogen-bond donors (Lipinski definition) is 0. The summed E-state index contributed by atoms with van der Waals surface area (Å²) >= 11 is 0. The quantitative estimate of drug-likeness (QED) is 0.761. The summed E-state index contributed by atoms with van der Waals surface area (Å²) in [6.45, 7) is 4.49. The number of sulfonamides is 1. The van der Waals surface area contributed by atoms with Crippen molar-refractivity contribution in [2.75, 3.05) is 56.7 Å². The minimum absolute atomic E-state index is 0.340. The second-order valence-corrected chi connectivity index (χ2v) is 9.26. The van der Waals surface area contributed by atoms with Crippen LogP contribution in [0.25, 0.3) is 0 Å². The Balaban J connectivity index is 1.49. The molecule has 0 unspecified atom stereocenters. The predicted molar refractivity (Wildman–Crippen MR) is 108 cm³/mol. The van der Waals surface area contributed by atoms with E-state index in [1.165, 1.54) is 0 Å². The van der Waals surface area contributed by atoms with Gasteiger partial charge in [-0.05, 0) is 30.7 Å². The number of fused-ring (bicyclic) bond motifs is 1. The molecule has 0 saturated carbocycles. The first kappa shape index (κ1) is 18.9. The lowest BCUT2D eigenvalue weighted by molar-refractivity contribution is 0.356. The molecule has 1 aromatic carbocycles. The summed E-state index contributed by atoms with van der Waals surface area (Å²) in [5.74, 6) is 2.28. The maximum absolute atomic E-state index is 13.1. The molecule has 0 aliphatic carbocycles. The molecule has 0 N–H and O–H groups in total. The topological polar surface area (TPSA) is 78.9 Å². The number of anilines is 2. The van der Waals surface area contributed by atoms with Crippen LogP contribution in [0.1, 0.15) is 11.3 Å². The molecule has 28 heavy (non-hydrogen) atoms. The van der Waals surface area contributed by atoms with Crippen molar-refractivity contribution in [3.8, 4) is 5.75 Å². The zero-order chi connectivity index (χ0) is 19.9. The number of aromatic nitrogens is 2. The first-order valence-electron chi connectivity index (χ1n) is 9.38. The fraction of sp³-hybridized carbons (Fsp3) is 0.474. The number of rotatable bonds is 4.